The van der Waals surface area contributed by atoms with E-state index in [1.165, 1.54) is 0 Å². The van der Waals surface area contributed by atoms with Gasteiger partial charge in [-0.05, 0) is 30.4 Å². The second-order valence-electron chi connectivity index (χ2n) is 3.25. The van der Waals surface area contributed by atoms with Crippen LogP contribution in [0.5, 0.6) is 0 Å². The lowest BCUT2D eigenvalue weighted by atomic mass is 10.2. The molecular formula is C10H7N3OS. The predicted octanol–water partition coefficient (Wildman–Crippen LogP) is 0.00110. The molecule has 2 heterocycles. The van der Waals surface area contributed by atoms with Crippen LogP contribution in [0.15, 0.2) is 33.2 Å². The largest absolute Gasteiger partial charge is 0.476 e. The maximum absolute atomic E-state index is 5.37. The zero-order valence-corrected chi connectivity index (χ0v) is 8.62. The van der Waals surface area contributed by atoms with Crippen LogP contribution in [-0.4, -0.2) is 24.2 Å². The minimum Gasteiger partial charge on any atom is -0.476 e. The van der Waals surface area contributed by atoms with Gasteiger partial charge in [0.1, 0.15) is 6.61 Å². The van der Waals surface area contributed by atoms with Crippen molar-refractivity contribution in [3.05, 3.63) is 34.5 Å². The van der Waals surface area contributed by atoms with Gasteiger partial charge in [0.25, 0.3) is 0 Å². The Balaban J connectivity index is 2.16. The molecule has 0 bridgehead atoms. The summed E-state index contributed by atoms with van der Waals surface area (Å²) in [5.74, 6) is 0.686. The zero-order chi connectivity index (χ0) is 10.3. The van der Waals surface area contributed by atoms with Gasteiger partial charge >= 0.3 is 0 Å². The van der Waals surface area contributed by atoms with E-state index in [9.17, 15) is 0 Å². The van der Waals surface area contributed by atoms with Crippen molar-refractivity contribution in [1.82, 2.24) is 0 Å². The first-order valence-electron chi connectivity index (χ1n) is 4.62. The number of hydrogen-bond donors (Lipinski definition) is 0. The Bertz CT molecular complexity index is 591. The van der Waals surface area contributed by atoms with Crippen LogP contribution in [0.3, 0.4) is 0 Å². The van der Waals surface area contributed by atoms with Crippen molar-refractivity contribution in [3.8, 4) is 0 Å². The van der Waals surface area contributed by atoms with Crippen molar-refractivity contribution < 1.29 is 4.74 Å². The molecule has 2 aliphatic rings. The van der Waals surface area contributed by atoms with Crippen LogP contribution in [0.2, 0.25) is 0 Å². The average molecular weight is 217 g/mol. The molecule has 74 valence electrons. The summed E-state index contributed by atoms with van der Waals surface area (Å²) in [6.07, 6.45) is 0. The topological polar surface area (TPSA) is 46.3 Å². The predicted molar refractivity (Wildman–Crippen MR) is 58.7 cm³/mol. The van der Waals surface area contributed by atoms with E-state index in [2.05, 4.69) is 15.0 Å². The molecule has 0 saturated carbocycles. The second-order valence-corrected chi connectivity index (χ2v) is 3.61. The fraction of sp³-hybridized carbons (Fsp3) is 0.200. The van der Waals surface area contributed by atoms with Crippen LogP contribution in [0.1, 0.15) is 5.56 Å². The van der Waals surface area contributed by atoms with Gasteiger partial charge in [0.15, 0.2) is 0 Å². The van der Waals surface area contributed by atoms with Gasteiger partial charge in [-0.1, -0.05) is 0 Å². The Morgan fingerprint density at radius 3 is 2.87 bits per heavy atom. The van der Waals surface area contributed by atoms with Gasteiger partial charge in [-0.2, -0.15) is 0 Å². The van der Waals surface area contributed by atoms with Gasteiger partial charge in [-0.3, -0.25) is 0 Å². The summed E-state index contributed by atoms with van der Waals surface area (Å²) >= 11 is 4.91. The molecule has 5 heteroatoms. The highest BCUT2D eigenvalue weighted by molar-refractivity contribution is 7.80. The van der Waals surface area contributed by atoms with E-state index < -0.39 is 0 Å². The molecule has 0 unspecified atom stereocenters. The maximum atomic E-state index is 5.37. The van der Waals surface area contributed by atoms with Crippen molar-refractivity contribution in [2.45, 2.75) is 0 Å². The normalized spacial score (nSPS) is 17.6. The number of fused-ring (bicyclic) bond motifs is 1. The number of thiocarbonyl (C=S) groups is 1. The molecule has 1 aromatic carbocycles. The number of aliphatic imine (C=N–C) groups is 1. The Hall–Kier alpha value is -1.62. The van der Waals surface area contributed by atoms with Crippen LogP contribution in [-0.2, 0) is 4.74 Å². The van der Waals surface area contributed by atoms with Crippen molar-refractivity contribution in [2.75, 3.05) is 13.2 Å². The maximum Gasteiger partial charge on any atom is 0.220 e. The fourth-order valence-corrected chi connectivity index (χ4v) is 1.78. The molecule has 1 aromatic rings. The summed E-state index contributed by atoms with van der Waals surface area (Å²) in [5, 5.41) is 2.01. The lowest BCUT2D eigenvalue weighted by molar-refractivity contribution is 0.348. The molecule has 2 aliphatic heterocycles. The van der Waals surface area contributed by atoms with E-state index in [1.54, 1.807) is 0 Å². The Morgan fingerprint density at radius 2 is 2.07 bits per heavy atom. The summed E-state index contributed by atoms with van der Waals surface area (Å²) in [7, 11) is 0. The third kappa shape index (κ3) is 1.45. The first kappa shape index (κ1) is 8.67. The minimum atomic E-state index is 0.386. The van der Waals surface area contributed by atoms with Gasteiger partial charge < -0.3 is 4.74 Å². The Morgan fingerprint density at radius 1 is 1.20 bits per heavy atom. The third-order valence-corrected chi connectivity index (χ3v) is 2.42. The summed E-state index contributed by atoms with van der Waals surface area (Å²) < 4.78 is 5.37. The van der Waals surface area contributed by atoms with Crippen LogP contribution < -0.4 is 10.7 Å². The molecule has 3 rings (SSSR count). The monoisotopic (exact) mass is 217 g/mol. The van der Waals surface area contributed by atoms with Crippen LogP contribution in [0.25, 0.3) is 0 Å². The number of nitrogens with zero attached hydrogens (tertiary/aromatic N) is 3. The van der Waals surface area contributed by atoms with E-state index >= 15 is 0 Å². The molecule has 4 nitrogen and oxygen atoms in total. The third-order valence-electron chi connectivity index (χ3n) is 2.24. The smallest absolute Gasteiger partial charge is 0.220 e. The van der Waals surface area contributed by atoms with E-state index in [0.717, 1.165) is 22.8 Å². The van der Waals surface area contributed by atoms with Crippen LogP contribution in [0, 0.1) is 0 Å². The molecule has 0 N–H and O–H groups in total. The summed E-state index contributed by atoms with van der Waals surface area (Å²) in [5.41, 5.74) is 0.940. The molecule has 0 spiro atoms. The standard InChI is InChI=1S/C10H7N3OS/c15-10-12-7-2-1-6(5-8(7)13-10)9-11-3-4-14-9/h1-2,5H,3-4H2. The molecule has 0 fully saturated rings. The van der Waals surface area contributed by atoms with Gasteiger partial charge in [0, 0.05) is 5.56 Å². The lowest BCUT2D eigenvalue weighted by Crippen LogP contribution is -2.22. The molecule has 0 aromatic heterocycles. The van der Waals surface area contributed by atoms with E-state index in [-0.39, 0.29) is 0 Å². The molecule has 0 atom stereocenters. The van der Waals surface area contributed by atoms with Crippen LogP contribution in [0.4, 0.5) is 0 Å². The number of benzene rings is 1. The van der Waals surface area contributed by atoms with Crippen LogP contribution >= 0.6 is 12.2 Å². The average Bonchev–Trinajstić information content (AvgIpc) is 2.82. The molecule has 0 radical (unpaired) electrons. The molecule has 0 aliphatic carbocycles. The SMILES string of the molecule is S=C1N=c2ccc(C3=NCCO3)cc2=N1. The molecule has 0 amide bonds. The van der Waals surface area contributed by atoms with Crippen molar-refractivity contribution >= 4 is 23.2 Å². The van der Waals surface area contributed by atoms with Gasteiger partial charge in [-0.25, -0.2) is 15.0 Å². The number of rotatable bonds is 1. The molecular weight excluding hydrogens is 210 g/mol. The van der Waals surface area contributed by atoms with Gasteiger partial charge in [0.05, 0.1) is 17.3 Å². The summed E-state index contributed by atoms with van der Waals surface area (Å²) in [6.45, 7) is 1.39. The van der Waals surface area contributed by atoms with Crippen molar-refractivity contribution in [2.24, 2.45) is 15.0 Å². The van der Waals surface area contributed by atoms with Crippen molar-refractivity contribution in [3.63, 3.8) is 0 Å². The highest BCUT2D eigenvalue weighted by Crippen LogP contribution is 2.04. The van der Waals surface area contributed by atoms with E-state index in [0.29, 0.717) is 17.6 Å². The second kappa shape index (κ2) is 3.20. The van der Waals surface area contributed by atoms with E-state index in [1.807, 2.05) is 18.2 Å². The first-order chi connectivity index (χ1) is 7.33. The Labute approximate surface area is 91.0 Å². The Kier molecular flexibility index (Phi) is 1.85. The first-order valence-corrected chi connectivity index (χ1v) is 5.03. The summed E-state index contributed by atoms with van der Waals surface area (Å²) in [6, 6.07) is 5.72. The van der Waals surface area contributed by atoms with Gasteiger partial charge in [0.2, 0.25) is 11.0 Å². The molecule has 15 heavy (non-hydrogen) atoms. The van der Waals surface area contributed by atoms with Crippen molar-refractivity contribution in [1.29, 1.82) is 0 Å². The molecule has 0 saturated heterocycles. The summed E-state index contributed by atoms with van der Waals surface area (Å²) in [4.78, 5) is 12.5. The quantitative estimate of drug-likeness (QED) is 0.622. The van der Waals surface area contributed by atoms with E-state index in [4.69, 9.17) is 17.0 Å². The fourth-order valence-electron chi connectivity index (χ4n) is 1.58. The zero-order valence-electron chi connectivity index (χ0n) is 7.80. The highest BCUT2D eigenvalue weighted by Gasteiger charge is 2.11. The minimum absolute atomic E-state index is 0.386. The number of ether oxygens (including phenoxy) is 1. The highest BCUT2D eigenvalue weighted by atomic mass is 32.1. The van der Waals surface area contributed by atoms with Gasteiger partial charge in [-0.15, -0.1) is 0 Å². The lowest BCUT2D eigenvalue weighted by Gasteiger charge is -1.99. The number of hydrogen-bond acceptors (Lipinski definition) is 3.